The average Bonchev–Trinajstić information content (AvgIpc) is 3.06. The fraction of sp³-hybridized carbons (Fsp3) is 0.267. The third-order valence-corrected chi connectivity index (χ3v) is 3.24. The number of hydrogen-bond donors (Lipinski definition) is 0. The van der Waals surface area contributed by atoms with Crippen molar-refractivity contribution in [2.45, 2.75) is 26.3 Å². The molecule has 0 radical (unpaired) electrons. The normalized spacial score (nSPS) is 11.3. The van der Waals surface area contributed by atoms with Crippen LogP contribution in [0, 0.1) is 0 Å². The Balaban J connectivity index is 1.95. The van der Waals surface area contributed by atoms with Crippen LogP contribution < -0.4 is 0 Å². The van der Waals surface area contributed by atoms with E-state index < -0.39 is 0 Å². The number of nitrogens with zero attached hydrogens (tertiary/aromatic N) is 3. The van der Waals surface area contributed by atoms with Crippen molar-refractivity contribution >= 4 is 17.2 Å². The van der Waals surface area contributed by atoms with Crippen LogP contribution in [0.4, 0.5) is 0 Å². The minimum atomic E-state index is 0.246. The molecule has 0 fully saturated rings. The van der Waals surface area contributed by atoms with Gasteiger partial charge in [-0.3, -0.25) is 4.79 Å². The summed E-state index contributed by atoms with van der Waals surface area (Å²) in [7, 11) is 0. The molecule has 20 heavy (non-hydrogen) atoms. The van der Waals surface area contributed by atoms with Crippen molar-refractivity contribution in [3.63, 3.8) is 0 Å². The molecule has 0 unspecified atom stereocenters. The molecular weight excluding hydrogens is 254 g/mol. The molecule has 5 heteroatoms. The van der Waals surface area contributed by atoms with Crippen LogP contribution in [0.3, 0.4) is 0 Å². The molecule has 5 nitrogen and oxygen atoms in total. The van der Waals surface area contributed by atoms with E-state index in [2.05, 4.69) is 10.1 Å². The van der Waals surface area contributed by atoms with Gasteiger partial charge in [0.05, 0.1) is 0 Å². The van der Waals surface area contributed by atoms with Gasteiger partial charge in [0.15, 0.2) is 5.82 Å². The zero-order valence-electron chi connectivity index (χ0n) is 11.4. The lowest BCUT2D eigenvalue weighted by Gasteiger charge is -2.02. The van der Waals surface area contributed by atoms with Crippen LogP contribution in [0.5, 0.6) is 0 Å². The van der Waals surface area contributed by atoms with E-state index in [1.807, 2.05) is 48.9 Å². The Kier molecular flexibility index (Phi) is 3.10. The lowest BCUT2D eigenvalue weighted by Crippen LogP contribution is -1.99. The van der Waals surface area contributed by atoms with Crippen LogP contribution in [-0.4, -0.2) is 21.0 Å². The maximum atomic E-state index is 10.9. The number of rotatable bonds is 4. The van der Waals surface area contributed by atoms with E-state index >= 15 is 0 Å². The molecule has 102 valence electrons. The van der Waals surface area contributed by atoms with E-state index in [4.69, 9.17) is 4.52 Å². The predicted octanol–water partition coefficient (Wildman–Crippen LogP) is 3.01. The van der Waals surface area contributed by atoms with E-state index in [1.165, 1.54) is 0 Å². The largest absolute Gasteiger partial charge is 0.338 e. The fourth-order valence-corrected chi connectivity index (χ4v) is 2.12. The molecule has 3 aromatic rings. The molecule has 0 saturated heterocycles. The van der Waals surface area contributed by atoms with Gasteiger partial charge in [-0.2, -0.15) is 4.98 Å². The standard InChI is InChI=1S/C15H15N3O2/c1-10(2)15-16-14(20-17-15)8-18-6-5-12-4-3-11(9-19)7-13(12)18/h3-7,9-10H,8H2,1-2H3. The smallest absolute Gasteiger partial charge is 0.246 e. The summed E-state index contributed by atoms with van der Waals surface area (Å²) in [5, 5.41) is 5.04. The van der Waals surface area contributed by atoms with Crippen LogP contribution >= 0.6 is 0 Å². The summed E-state index contributed by atoms with van der Waals surface area (Å²) >= 11 is 0. The fourth-order valence-electron chi connectivity index (χ4n) is 2.12. The van der Waals surface area contributed by atoms with Crippen LogP contribution in [0.2, 0.25) is 0 Å². The van der Waals surface area contributed by atoms with E-state index in [0.717, 1.165) is 17.2 Å². The van der Waals surface area contributed by atoms with Gasteiger partial charge in [0.1, 0.15) is 12.8 Å². The topological polar surface area (TPSA) is 60.9 Å². The van der Waals surface area contributed by atoms with Gasteiger partial charge in [-0.05, 0) is 17.5 Å². The van der Waals surface area contributed by atoms with Crippen molar-refractivity contribution in [1.29, 1.82) is 0 Å². The first kappa shape index (κ1) is 12.6. The van der Waals surface area contributed by atoms with Crippen molar-refractivity contribution in [1.82, 2.24) is 14.7 Å². The van der Waals surface area contributed by atoms with Crippen molar-refractivity contribution < 1.29 is 9.32 Å². The number of carbonyl (C=O) groups is 1. The lowest BCUT2D eigenvalue weighted by molar-refractivity contribution is 0.112. The van der Waals surface area contributed by atoms with Gasteiger partial charge in [-0.1, -0.05) is 31.1 Å². The number of aldehydes is 1. The molecule has 0 aliphatic carbocycles. The predicted molar refractivity (Wildman–Crippen MR) is 74.8 cm³/mol. The highest BCUT2D eigenvalue weighted by molar-refractivity contribution is 5.87. The second-order valence-corrected chi connectivity index (χ2v) is 5.08. The molecular formula is C15H15N3O2. The minimum Gasteiger partial charge on any atom is -0.338 e. The molecule has 0 aliphatic rings. The maximum Gasteiger partial charge on any atom is 0.246 e. The second kappa shape index (κ2) is 4.92. The van der Waals surface area contributed by atoms with Crippen molar-refractivity contribution in [3.8, 4) is 0 Å². The molecule has 2 heterocycles. The third-order valence-electron chi connectivity index (χ3n) is 3.24. The van der Waals surface area contributed by atoms with E-state index in [0.29, 0.717) is 23.8 Å². The maximum absolute atomic E-state index is 10.9. The van der Waals surface area contributed by atoms with Crippen molar-refractivity contribution in [2.24, 2.45) is 0 Å². The van der Waals surface area contributed by atoms with Gasteiger partial charge in [-0.15, -0.1) is 0 Å². The van der Waals surface area contributed by atoms with Gasteiger partial charge in [0.2, 0.25) is 5.89 Å². The van der Waals surface area contributed by atoms with Crippen LogP contribution in [0.1, 0.15) is 41.8 Å². The lowest BCUT2D eigenvalue weighted by atomic mass is 10.2. The highest BCUT2D eigenvalue weighted by Gasteiger charge is 2.11. The Bertz CT molecular complexity index is 755. The zero-order valence-corrected chi connectivity index (χ0v) is 11.4. The number of aromatic nitrogens is 3. The highest BCUT2D eigenvalue weighted by atomic mass is 16.5. The summed E-state index contributed by atoms with van der Waals surface area (Å²) in [6.45, 7) is 4.55. The SMILES string of the molecule is CC(C)c1noc(Cn2ccc3ccc(C=O)cc32)n1. The van der Waals surface area contributed by atoms with Crippen LogP contribution in [-0.2, 0) is 6.54 Å². The first-order valence-electron chi connectivity index (χ1n) is 6.54. The molecule has 1 aromatic carbocycles. The number of benzene rings is 1. The summed E-state index contributed by atoms with van der Waals surface area (Å²) in [6, 6.07) is 7.61. The van der Waals surface area contributed by atoms with Gasteiger partial charge in [0, 0.05) is 23.2 Å². The Labute approximate surface area is 116 Å². The molecule has 0 bridgehead atoms. The number of carbonyl (C=O) groups excluding carboxylic acids is 1. The number of hydrogen-bond acceptors (Lipinski definition) is 4. The Morgan fingerprint density at radius 3 is 2.90 bits per heavy atom. The summed E-state index contributed by atoms with van der Waals surface area (Å²) in [5.74, 6) is 1.53. The van der Waals surface area contributed by atoms with Crippen molar-refractivity contribution in [2.75, 3.05) is 0 Å². The third kappa shape index (κ3) is 2.22. The zero-order chi connectivity index (χ0) is 14.1. The summed E-state index contributed by atoms with van der Waals surface area (Å²) in [5.41, 5.74) is 1.64. The minimum absolute atomic E-state index is 0.246. The van der Waals surface area contributed by atoms with Crippen LogP contribution in [0.15, 0.2) is 35.0 Å². The monoisotopic (exact) mass is 269 g/mol. The van der Waals surface area contributed by atoms with Gasteiger partial charge < -0.3 is 9.09 Å². The Morgan fingerprint density at radius 1 is 1.35 bits per heavy atom. The summed E-state index contributed by atoms with van der Waals surface area (Å²) < 4.78 is 7.25. The molecule has 0 spiro atoms. The van der Waals surface area contributed by atoms with E-state index in [1.54, 1.807) is 0 Å². The molecule has 0 amide bonds. The average molecular weight is 269 g/mol. The molecule has 2 aromatic heterocycles. The molecule has 3 rings (SSSR count). The second-order valence-electron chi connectivity index (χ2n) is 5.08. The molecule has 0 saturated carbocycles. The molecule has 0 N–H and O–H groups in total. The van der Waals surface area contributed by atoms with Crippen LogP contribution in [0.25, 0.3) is 10.9 Å². The summed E-state index contributed by atoms with van der Waals surface area (Å²) in [6.07, 6.45) is 2.80. The highest BCUT2D eigenvalue weighted by Crippen LogP contribution is 2.19. The summed E-state index contributed by atoms with van der Waals surface area (Å²) in [4.78, 5) is 15.2. The Hall–Kier alpha value is -2.43. The van der Waals surface area contributed by atoms with Crippen molar-refractivity contribution in [3.05, 3.63) is 47.7 Å². The first-order valence-corrected chi connectivity index (χ1v) is 6.54. The van der Waals surface area contributed by atoms with E-state index in [9.17, 15) is 4.79 Å². The van der Waals surface area contributed by atoms with Gasteiger partial charge in [-0.25, -0.2) is 0 Å². The first-order chi connectivity index (χ1) is 9.67. The molecule has 0 aliphatic heterocycles. The number of fused-ring (bicyclic) bond motifs is 1. The quantitative estimate of drug-likeness (QED) is 0.683. The molecule has 0 atom stereocenters. The van der Waals surface area contributed by atoms with Gasteiger partial charge in [0.25, 0.3) is 0 Å². The Morgan fingerprint density at radius 2 is 2.20 bits per heavy atom. The van der Waals surface area contributed by atoms with Gasteiger partial charge >= 0.3 is 0 Å². The van der Waals surface area contributed by atoms with E-state index in [-0.39, 0.29) is 5.92 Å².